The van der Waals surface area contributed by atoms with Gasteiger partial charge in [0.2, 0.25) is 5.91 Å². The summed E-state index contributed by atoms with van der Waals surface area (Å²) in [5.41, 5.74) is 0. The molecule has 2 aliphatic rings. The van der Waals surface area contributed by atoms with E-state index in [9.17, 15) is 45.6 Å². The Morgan fingerprint density at radius 1 is 0.538 bits per heavy atom. The lowest BCUT2D eigenvalue weighted by atomic mass is 9.97. The highest BCUT2D eigenvalue weighted by molar-refractivity contribution is 5.76. The van der Waals surface area contributed by atoms with Crippen molar-refractivity contribution in [2.75, 3.05) is 19.8 Å². The van der Waals surface area contributed by atoms with Gasteiger partial charge in [0.25, 0.3) is 0 Å². The molecule has 0 radical (unpaired) electrons. The molecule has 0 spiro atoms. The molecule has 384 valence electrons. The molecule has 2 rings (SSSR count). The average molecular weight is 932 g/mol. The third-order valence-electron chi connectivity index (χ3n) is 13.2. The molecule has 2 saturated heterocycles. The van der Waals surface area contributed by atoms with Gasteiger partial charge in [0.15, 0.2) is 12.6 Å². The molecule has 2 heterocycles. The summed E-state index contributed by atoms with van der Waals surface area (Å²) < 4.78 is 22.7. The van der Waals surface area contributed by atoms with Gasteiger partial charge in [-0.1, -0.05) is 199 Å². The number of hydrogen-bond donors (Lipinski definition) is 9. The molecule has 9 N–H and O–H groups in total. The van der Waals surface area contributed by atoms with E-state index < -0.39 is 86.8 Å². The first-order valence-corrected chi connectivity index (χ1v) is 26.4. The van der Waals surface area contributed by atoms with Gasteiger partial charge in [-0.05, 0) is 19.3 Å². The number of nitrogens with one attached hydrogen (secondary N) is 1. The van der Waals surface area contributed by atoms with Crippen LogP contribution in [0.25, 0.3) is 0 Å². The molecule has 0 aliphatic carbocycles. The van der Waals surface area contributed by atoms with Crippen molar-refractivity contribution in [3.8, 4) is 0 Å². The Kier molecular flexibility index (Phi) is 35.5. The standard InChI is InChI=1S/C51H97NO13/c1-3-5-7-9-11-13-15-17-19-21-23-25-27-29-31-33-35-43(56)52-39(40(55)34-32-30-28-26-24-22-20-18-16-14-12-10-8-6-4-2)38-62-50-48(61)46(59)49(42(37-54)64-50)65-51-47(60)45(58)44(57)41(36-53)63-51/h32,34,39-42,44-51,53-55,57-61H,3-31,33,35-38H2,1-2H3,(H,52,56)/b34-32+. The predicted molar refractivity (Wildman–Crippen MR) is 254 cm³/mol. The van der Waals surface area contributed by atoms with Gasteiger partial charge in [-0.25, -0.2) is 0 Å². The molecule has 14 heteroatoms. The number of carbonyl (C=O) groups is 1. The van der Waals surface area contributed by atoms with Crippen molar-refractivity contribution in [1.82, 2.24) is 5.32 Å². The van der Waals surface area contributed by atoms with Gasteiger partial charge in [0.1, 0.15) is 48.8 Å². The van der Waals surface area contributed by atoms with Crippen LogP contribution in [0.5, 0.6) is 0 Å². The van der Waals surface area contributed by atoms with Gasteiger partial charge in [-0.2, -0.15) is 0 Å². The van der Waals surface area contributed by atoms with Gasteiger partial charge in [0.05, 0.1) is 32.0 Å². The quantitative estimate of drug-likeness (QED) is 0.0219. The van der Waals surface area contributed by atoms with Gasteiger partial charge in [0, 0.05) is 6.42 Å². The second kappa shape index (κ2) is 38.6. The highest BCUT2D eigenvalue weighted by Gasteiger charge is 2.51. The molecule has 2 aliphatic heterocycles. The average Bonchev–Trinajstić information content (AvgIpc) is 3.30. The molecule has 0 aromatic carbocycles. The number of allylic oxidation sites excluding steroid dienone is 1. The van der Waals surface area contributed by atoms with Crippen LogP contribution < -0.4 is 5.32 Å². The minimum Gasteiger partial charge on any atom is -0.394 e. The van der Waals surface area contributed by atoms with Crippen molar-refractivity contribution < 1.29 is 64.6 Å². The Hall–Kier alpha value is -1.27. The normalized spacial score (nSPS) is 27.0. The second-order valence-electron chi connectivity index (χ2n) is 19.0. The zero-order valence-electron chi connectivity index (χ0n) is 40.7. The summed E-state index contributed by atoms with van der Waals surface area (Å²) in [6.07, 6.45) is 23.9. The van der Waals surface area contributed by atoms with E-state index in [0.29, 0.717) is 6.42 Å². The van der Waals surface area contributed by atoms with E-state index in [0.717, 1.165) is 38.5 Å². The summed E-state index contributed by atoms with van der Waals surface area (Å²) in [6, 6.07) is -0.907. The minimum atomic E-state index is -1.78. The van der Waals surface area contributed by atoms with E-state index in [4.69, 9.17) is 18.9 Å². The van der Waals surface area contributed by atoms with E-state index >= 15 is 0 Å². The van der Waals surface area contributed by atoms with Crippen LogP contribution in [-0.2, 0) is 23.7 Å². The van der Waals surface area contributed by atoms with E-state index in [1.165, 1.54) is 148 Å². The van der Waals surface area contributed by atoms with Crippen LogP contribution in [0.3, 0.4) is 0 Å². The Morgan fingerprint density at radius 2 is 0.954 bits per heavy atom. The van der Waals surface area contributed by atoms with Crippen LogP contribution in [0.4, 0.5) is 0 Å². The number of aliphatic hydroxyl groups excluding tert-OH is 8. The first-order chi connectivity index (χ1) is 31.6. The third kappa shape index (κ3) is 25.8. The maximum Gasteiger partial charge on any atom is 0.220 e. The lowest BCUT2D eigenvalue weighted by Gasteiger charge is -2.46. The second-order valence-corrected chi connectivity index (χ2v) is 19.0. The highest BCUT2D eigenvalue weighted by Crippen LogP contribution is 2.30. The van der Waals surface area contributed by atoms with Gasteiger partial charge in [-0.15, -0.1) is 0 Å². The first kappa shape index (κ1) is 59.9. The Labute approximate surface area is 393 Å². The summed E-state index contributed by atoms with van der Waals surface area (Å²) in [5, 5.41) is 86.8. The van der Waals surface area contributed by atoms with Gasteiger partial charge < -0.3 is 65.1 Å². The molecule has 1 amide bonds. The Morgan fingerprint density at radius 3 is 1.42 bits per heavy atom. The predicted octanol–water partition coefficient (Wildman–Crippen LogP) is 7.16. The fourth-order valence-electron chi connectivity index (χ4n) is 8.88. The molecular weight excluding hydrogens is 835 g/mol. The fourth-order valence-corrected chi connectivity index (χ4v) is 8.88. The molecule has 12 unspecified atom stereocenters. The summed E-state index contributed by atoms with van der Waals surface area (Å²) >= 11 is 0. The zero-order valence-corrected chi connectivity index (χ0v) is 40.7. The van der Waals surface area contributed by atoms with Crippen LogP contribution in [0.1, 0.15) is 213 Å². The molecule has 65 heavy (non-hydrogen) atoms. The maximum atomic E-state index is 13.2. The van der Waals surface area contributed by atoms with Crippen LogP contribution in [0.2, 0.25) is 0 Å². The fraction of sp³-hybridized carbons (Fsp3) is 0.941. The molecule has 12 atom stereocenters. The van der Waals surface area contributed by atoms with Gasteiger partial charge in [-0.3, -0.25) is 4.79 Å². The van der Waals surface area contributed by atoms with Crippen molar-refractivity contribution in [3.63, 3.8) is 0 Å². The largest absolute Gasteiger partial charge is 0.394 e. The SMILES string of the molecule is CCCCCCCCCCCCCCC/C=C/C(O)C(COC1OC(CO)C(OC2OC(CO)C(O)C(O)C2O)C(O)C1O)NC(=O)CCCCCCCCCCCCCCCCCC. The first-order valence-electron chi connectivity index (χ1n) is 26.4. The van der Waals surface area contributed by atoms with Crippen LogP contribution in [-0.4, -0.2) is 140 Å². The van der Waals surface area contributed by atoms with Crippen molar-refractivity contribution in [3.05, 3.63) is 12.2 Å². The monoisotopic (exact) mass is 932 g/mol. The molecule has 0 aromatic rings. The highest BCUT2D eigenvalue weighted by atomic mass is 16.7. The number of unbranched alkanes of at least 4 members (excludes halogenated alkanes) is 28. The molecule has 14 nitrogen and oxygen atoms in total. The van der Waals surface area contributed by atoms with E-state index in [1.54, 1.807) is 6.08 Å². The number of ether oxygens (including phenoxy) is 4. The zero-order chi connectivity index (χ0) is 47.5. The van der Waals surface area contributed by atoms with Crippen molar-refractivity contribution in [2.24, 2.45) is 0 Å². The molecule has 0 saturated carbocycles. The topological polar surface area (TPSA) is 228 Å². The van der Waals surface area contributed by atoms with Crippen molar-refractivity contribution >= 4 is 5.91 Å². The summed E-state index contributed by atoms with van der Waals surface area (Å²) in [7, 11) is 0. The third-order valence-corrected chi connectivity index (χ3v) is 13.2. The van der Waals surface area contributed by atoms with Crippen LogP contribution >= 0.6 is 0 Å². The summed E-state index contributed by atoms with van der Waals surface area (Å²) in [4.78, 5) is 13.2. The Bertz CT molecular complexity index is 1150. The smallest absolute Gasteiger partial charge is 0.220 e. The van der Waals surface area contributed by atoms with Crippen LogP contribution in [0, 0.1) is 0 Å². The molecule has 2 fully saturated rings. The minimum absolute atomic E-state index is 0.237. The van der Waals surface area contributed by atoms with Crippen molar-refractivity contribution in [2.45, 2.75) is 286 Å². The summed E-state index contributed by atoms with van der Waals surface area (Å²) in [5.74, 6) is -0.237. The molecule has 0 bridgehead atoms. The lowest BCUT2D eigenvalue weighted by molar-refractivity contribution is -0.359. The maximum absolute atomic E-state index is 13.2. The number of aliphatic hydroxyl groups is 8. The van der Waals surface area contributed by atoms with E-state index in [2.05, 4.69) is 19.2 Å². The van der Waals surface area contributed by atoms with E-state index in [-0.39, 0.29) is 18.9 Å². The lowest BCUT2D eigenvalue weighted by Crippen LogP contribution is -2.65. The van der Waals surface area contributed by atoms with E-state index in [1.807, 2.05) is 6.08 Å². The number of carbonyl (C=O) groups excluding carboxylic acids is 1. The molecular formula is C51H97NO13. The number of rotatable bonds is 41. The Balaban J connectivity index is 1.84. The van der Waals surface area contributed by atoms with Crippen molar-refractivity contribution in [1.29, 1.82) is 0 Å². The summed E-state index contributed by atoms with van der Waals surface area (Å²) in [6.45, 7) is 2.80. The number of hydrogen-bond acceptors (Lipinski definition) is 13. The molecule has 0 aromatic heterocycles. The number of amides is 1. The van der Waals surface area contributed by atoms with Crippen LogP contribution in [0.15, 0.2) is 12.2 Å². The van der Waals surface area contributed by atoms with Gasteiger partial charge >= 0.3 is 0 Å².